The Balaban J connectivity index is 1.52. The van der Waals surface area contributed by atoms with Gasteiger partial charge in [0.05, 0.1) is 5.69 Å². The SMILES string of the molecule is CN1CCN(c2cc(Nc3ccccc3Oc3ccccc3)ncn2)CC1. The lowest BCUT2D eigenvalue weighted by atomic mass is 10.2. The standard InChI is InChI=1S/C21H23N5O/c1-25-11-13-26(14-12-25)21-15-20(22-16-23-21)24-18-9-5-6-10-19(18)27-17-7-3-2-4-8-17/h2-10,15-16H,11-14H2,1H3,(H,22,23,24). The van der Waals surface area contributed by atoms with Crippen molar-refractivity contribution in [2.45, 2.75) is 0 Å². The number of benzene rings is 2. The first-order valence-corrected chi connectivity index (χ1v) is 9.12. The van der Waals surface area contributed by atoms with Gasteiger partial charge in [0.1, 0.15) is 23.7 Å². The summed E-state index contributed by atoms with van der Waals surface area (Å²) < 4.78 is 6.02. The first-order chi connectivity index (χ1) is 13.3. The number of ether oxygens (including phenoxy) is 1. The van der Waals surface area contributed by atoms with Crippen LogP contribution in [-0.4, -0.2) is 48.1 Å². The third kappa shape index (κ3) is 4.35. The van der Waals surface area contributed by atoms with Crippen LogP contribution in [0.2, 0.25) is 0 Å². The van der Waals surface area contributed by atoms with E-state index in [0.717, 1.165) is 55.0 Å². The third-order valence-corrected chi connectivity index (χ3v) is 4.60. The maximum absolute atomic E-state index is 6.02. The summed E-state index contributed by atoms with van der Waals surface area (Å²) in [6, 6.07) is 19.6. The summed E-state index contributed by atoms with van der Waals surface area (Å²) in [6.45, 7) is 4.03. The van der Waals surface area contributed by atoms with Gasteiger partial charge in [-0.25, -0.2) is 9.97 Å². The highest BCUT2D eigenvalue weighted by atomic mass is 16.5. The van der Waals surface area contributed by atoms with E-state index in [-0.39, 0.29) is 0 Å². The lowest BCUT2D eigenvalue weighted by Gasteiger charge is -2.33. The molecule has 2 heterocycles. The van der Waals surface area contributed by atoms with Gasteiger partial charge in [-0.3, -0.25) is 0 Å². The maximum atomic E-state index is 6.02. The number of aromatic nitrogens is 2. The molecule has 3 aromatic rings. The quantitative estimate of drug-likeness (QED) is 0.747. The van der Waals surface area contributed by atoms with Crippen LogP contribution in [0.15, 0.2) is 67.0 Å². The average Bonchev–Trinajstić information content (AvgIpc) is 2.71. The molecule has 4 rings (SSSR count). The predicted octanol–water partition coefficient (Wildman–Crippen LogP) is 3.76. The predicted molar refractivity (Wildman–Crippen MR) is 108 cm³/mol. The van der Waals surface area contributed by atoms with Crippen LogP contribution in [-0.2, 0) is 0 Å². The molecule has 1 N–H and O–H groups in total. The van der Waals surface area contributed by atoms with Gasteiger partial charge in [-0.1, -0.05) is 30.3 Å². The lowest BCUT2D eigenvalue weighted by molar-refractivity contribution is 0.312. The van der Waals surface area contributed by atoms with Crippen molar-refractivity contribution in [1.29, 1.82) is 0 Å². The van der Waals surface area contributed by atoms with Crippen molar-refractivity contribution in [3.05, 3.63) is 67.0 Å². The van der Waals surface area contributed by atoms with Crippen LogP contribution in [0.25, 0.3) is 0 Å². The summed E-state index contributed by atoms with van der Waals surface area (Å²) in [5.41, 5.74) is 0.865. The van der Waals surface area contributed by atoms with Gasteiger partial charge in [-0.05, 0) is 31.3 Å². The second-order valence-corrected chi connectivity index (χ2v) is 6.59. The maximum Gasteiger partial charge on any atom is 0.150 e. The zero-order valence-electron chi connectivity index (χ0n) is 15.4. The van der Waals surface area contributed by atoms with Crippen molar-refractivity contribution >= 4 is 17.3 Å². The molecule has 0 bridgehead atoms. The number of hydrogen-bond acceptors (Lipinski definition) is 6. The number of nitrogens with one attached hydrogen (secondary N) is 1. The van der Waals surface area contributed by atoms with E-state index in [1.54, 1.807) is 6.33 Å². The van der Waals surface area contributed by atoms with Crippen molar-refractivity contribution in [3.63, 3.8) is 0 Å². The highest BCUT2D eigenvalue weighted by molar-refractivity contribution is 5.66. The van der Waals surface area contributed by atoms with Gasteiger partial charge >= 0.3 is 0 Å². The van der Waals surface area contributed by atoms with E-state index in [1.165, 1.54) is 0 Å². The van der Waals surface area contributed by atoms with Gasteiger partial charge < -0.3 is 19.9 Å². The Morgan fingerprint density at radius 1 is 0.889 bits per heavy atom. The molecule has 1 saturated heterocycles. The minimum Gasteiger partial charge on any atom is -0.455 e. The molecule has 1 fully saturated rings. The Labute approximate surface area is 159 Å². The molecule has 1 aliphatic heterocycles. The van der Waals surface area contributed by atoms with Crippen LogP contribution in [0.5, 0.6) is 11.5 Å². The van der Waals surface area contributed by atoms with E-state index in [1.807, 2.05) is 60.7 Å². The van der Waals surface area contributed by atoms with E-state index < -0.39 is 0 Å². The molecule has 27 heavy (non-hydrogen) atoms. The number of nitrogens with zero attached hydrogens (tertiary/aromatic N) is 4. The molecule has 0 saturated carbocycles. The minimum atomic E-state index is 0.753. The van der Waals surface area contributed by atoms with Crippen molar-refractivity contribution < 1.29 is 4.74 Å². The number of piperazine rings is 1. The molecule has 0 unspecified atom stereocenters. The largest absolute Gasteiger partial charge is 0.455 e. The second-order valence-electron chi connectivity index (χ2n) is 6.59. The molecular weight excluding hydrogens is 338 g/mol. The van der Waals surface area contributed by atoms with E-state index >= 15 is 0 Å². The fourth-order valence-electron chi connectivity index (χ4n) is 3.04. The molecule has 0 atom stereocenters. The molecule has 138 valence electrons. The Morgan fingerprint density at radius 2 is 1.63 bits per heavy atom. The van der Waals surface area contributed by atoms with Gasteiger partial charge in [0.15, 0.2) is 5.75 Å². The van der Waals surface area contributed by atoms with Crippen LogP contribution < -0.4 is 15.0 Å². The van der Waals surface area contributed by atoms with Crippen molar-refractivity contribution in [2.75, 3.05) is 43.4 Å². The molecule has 1 aromatic heterocycles. The van der Waals surface area contributed by atoms with E-state index in [2.05, 4.69) is 32.1 Å². The van der Waals surface area contributed by atoms with Crippen LogP contribution in [0, 0.1) is 0 Å². The summed E-state index contributed by atoms with van der Waals surface area (Å²) in [5.74, 6) is 3.25. The zero-order chi connectivity index (χ0) is 18.5. The number of likely N-dealkylation sites (N-methyl/N-ethyl adjacent to an activating group) is 1. The Bertz CT molecular complexity index is 879. The minimum absolute atomic E-state index is 0.753. The Kier molecular flexibility index (Phi) is 5.16. The van der Waals surface area contributed by atoms with E-state index in [9.17, 15) is 0 Å². The molecule has 1 aliphatic rings. The monoisotopic (exact) mass is 361 g/mol. The zero-order valence-corrected chi connectivity index (χ0v) is 15.4. The van der Waals surface area contributed by atoms with Crippen LogP contribution in [0.4, 0.5) is 17.3 Å². The first kappa shape index (κ1) is 17.3. The normalized spacial score (nSPS) is 14.8. The molecule has 0 radical (unpaired) electrons. The smallest absolute Gasteiger partial charge is 0.150 e. The van der Waals surface area contributed by atoms with Gasteiger partial charge in [0, 0.05) is 32.2 Å². The Hall–Kier alpha value is -3.12. The number of para-hydroxylation sites is 3. The first-order valence-electron chi connectivity index (χ1n) is 9.12. The van der Waals surface area contributed by atoms with Gasteiger partial charge in [0.25, 0.3) is 0 Å². The molecule has 2 aromatic carbocycles. The molecule has 6 heteroatoms. The molecular formula is C21H23N5O. The topological polar surface area (TPSA) is 53.5 Å². The average molecular weight is 361 g/mol. The lowest BCUT2D eigenvalue weighted by Crippen LogP contribution is -2.44. The summed E-state index contributed by atoms with van der Waals surface area (Å²) >= 11 is 0. The molecule has 0 spiro atoms. The van der Waals surface area contributed by atoms with Crippen molar-refractivity contribution in [3.8, 4) is 11.5 Å². The second kappa shape index (κ2) is 8.05. The molecule has 6 nitrogen and oxygen atoms in total. The Morgan fingerprint density at radius 3 is 2.44 bits per heavy atom. The molecule has 0 amide bonds. The summed E-state index contributed by atoms with van der Waals surface area (Å²) in [5, 5.41) is 3.37. The summed E-state index contributed by atoms with van der Waals surface area (Å²) in [4.78, 5) is 13.4. The van der Waals surface area contributed by atoms with Crippen LogP contribution in [0.1, 0.15) is 0 Å². The fraction of sp³-hybridized carbons (Fsp3) is 0.238. The van der Waals surface area contributed by atoms with Crippen molar-refractivity contribution in [1.82, 2.24) is 14.9 Å². The van der Waals surface area contributed by atoms with E-state index in [4.69, 9.17) is 4.74 Å². The van der Waals surface area contributed by atoms with Gasteiger partial charge in [-0.15, -0.1) is 0 Å². The van der Waals surface area contributed by atoms with Crippen LogP contribution >= 0.6 is 0 Å². The number of anilines is 3. The highest BCUT2D eigenvalue weighted by Crippen LogP contribution is 2.31. The van der Waals surface area contributed by atoms with Crippen LogP contribution in [0.3, 0.4) is 0 Å². The van der Waals surface area contributed by atoms with E-state index in [0.29, 0.717) is 0 Å². The third-order valence-electron chi connectivity index (χ3n) is 4.60. The highest BCUT2D eigenvalue weighted by Gasteiger charge is 2.16. The van der Waals surface area contributed by atoms with Gasteiger partial charge in [0.2, 0.25) is 0 Å². The van der Waals surface area contributed by atoms with Crippen molar-refractivity contribution in [2.24, 2.45) is 0 Å². The fourth-order valence-corrected chi connectivity index (χ4v) is 3.04. The summed E-state index contributed by atoms with van der Waals surface area (Å²) in [7, 11) is 2.15. The molecule has 0 aliphatic carbocycles. The number of rotatable bonds is 5. The summed E-state index contributed by atoms with van der Waals surface area (Å²) in [6.07, 6.45) is 1.61. The van der Waals surface area contributed by atoms with Gasteiger partial charge in [-0.2, -0.15) is 0 Å². The number of hydrogen-bond donors (Lipinski definition) is 1.